The minimum atomic E-state index is -0.521. The van der Waals surface area contributed by atoms with Crippen molar-refractivity contribution in [3.63, 3.8) is 0 Å². The van der Waals surface area contributed by atoms with Gasteiger partial charge in [-0.1, -0.05) is 12.1 Å². The number of nitrogens with zero attached hydrogens (tertiary/aromatic N) is 1. The van der Waals surface area contributed by atoms with E-state index in [4.69, 9.17) is 4.74 Å². The highest BCUT2D eigenvalue weighted by Gasteiger charge is 2.51. The van der Waals surface area contributed by atoms with Crippen LogP contribution in [0.5, 0.6) is 5.75 Å². The molecule has 1 amide bonds. The lowest BCUT2D eigenvalue weighted by Crippen LogP contribution is -2.64. The number of hydrogen-bond acceptors (Lipinski definition) is 4. The van der Waals surface area contributed by atoms with Gasteiger partial charge in [-0.2, -0.15) is 0 Å². The van der Waals surface area contributed by atoms with E-state index in [0.717, 1.165) is 24.2 Å². The Balaban J connectivity index is 1.40. The number of carbonyl (C=O) groups excluding carboxylic acids is 1. The first-order valence-corrected chi connectivity index (χ1v) is 7.43. The number of aliphatic hydroxyl groups is 1. The van der Waals surface area contributed by atoms with Crippen molar-refractivity contribution in [3.8, 4) is 5.75 Å². The van der Waals surface area contributed by atoms with Gasteiger partial charge in [0.25, 0.3) is 0 Å². The highest BCUT2D eigenvalue weighted by Crippen LogP contribution is 2.44. The van der Waals surface area contributed by atoms with Crippen LogP contribution in [0.15, 0.2) is 24.3 Å². The summed E-state index contributed by atoms with van der Waals surface area (Å²) in [6.45, 7) is 2.12. The van der Waals surface area contributed by atoms with Crippen LogP contribution in [0.2, 0.25) is 0 Å². The number of amides is 1. The zero-order chi connectivity index (χ0) is 14.9. The van der Waals surface area contributed by atoms with Crippen LogP contribution >= 0.6 is 0 Å². The van der Waals surface area contributed by atoms with Crippen molar-refractivity contribution < 1.29 is 14.6 Å². The fourth-order valence-electron chi connectivity index (χ4n) is 2.96. The first-order valence-electron chi connectivity index (χ1n) is 7.43. The summed E-state index contributed by atoms with van der Waals surface area (Å²) in [5, 5.41) is 13.1. The fraction of sp³-hybridized carbons (Fsp3) is 0.562. The van der Waals surface area contributed by atoms with Crippen molar-refractivity contribution in [3.05, 3.63) is 29.8 Å². The number of β-amino-alcohol motifs (C(OH)–C–C–N with tert-alkyl or cyclic N) is 1. The number of ether oxygens (including phenoxy) is 1. The highest BCUT2D eigenvalue weighted by atomic mass is 16.5. The van der Waals surface area contributed by atoms with Crippen molar-refractivity contribution in [2.75, 3.05) is 26.7 Å². The molecule has 1 aliphatic carbocycles. The maximum atomic E-state index is 11.9. The zero-order valence-electron chi connectivity index (χ0n) is 12.3. The third-order valence-electron chi connectivity index (χ3n) is 4.32. The van der Waals surface area contributed by atoms with Gasteiger partial charge in [-0.15, -0.1) is 0 Å². The van der Waals surface area contributed by atoms with E-state index in [2.05, 4.69) is 5.32 Å². The predicted octanol–water partition coefficient (Wildman–Crippen LogP) is 0.768. The SMILES string of the molecule is COc1cccc(CNC(=O)CN2CC(O)(C3CC3)C2)c1. The van der Waals surface area contributed by atoms with E-state index < -0.39 is 5.60 Å². The molecule has 114 valence electrons. The Kier molecular flexibility index (Phi) is 3.87. The van der Waals surface area contributed by atoms with Crippen LogP contribution in [0.25, 0.3) is 0 Å². The molecule has 1 heterocycles. The second-order valence-corrected chi connectivity index (χ2v) is 6.15. The molecule has 0 bridgehead atoms. The van der Waals surface area contributed by atoms with E-state index in [0.29, 0.717) is 32.1 Å². The molecule has 0 radical (unpaired) electrons. The van der Waals surface area contributed by atoms with E-state index >= 15 is 0 Å². The van der Waals surface area contributed by atoms with Crippen LogP contribution in [-0.4, -0.2) is 48.3 Å². The number of methoxy groups -OCH3 is 1. The molecule has 5 nitrogen and oxygen atoms in total. The molecular formula is C16H22N2O3. The van der Waals surface area contributed by atoms with Gasteiger partial charge >= 0.3 is 0 Å². The van der Waals surface area contributed by atoms with Gasteiger partial charge in [0.2, 0.25) is 5.91 Å². The first-order chi connectivity index (χ1) is 10.1. The monoisotopic (exact) mass is 290 g/mol. The summed E-state index contributed by atoms with van der Waals surface area (Å²) in [4.78, 5) is 13.9. The lowest BCUT2D eigenvalue weighted by molar-refractivity contribution is -0.136. The van der Waals surface area contributed by atoms with Crippen molar-refractivity contribution in [1.82, 2.24) is 10.2 Å². The average Bonchev–Trinajstić information content (AvgIpc) is 3.28. The molecule has 0 atom stereocenters. The predicted molar refractivity (Wildman–Crippen MR) is 79.0 cm³/mol. The van der Waals surface area contributed by atoms with Crippen LogP contribution in [-0.2, 0) is 11.3 Å². The summed E-state index contributed by atoms with van der Waals surface area (Å²) in [5.41, 5.74) is 0.494. The molecule has 1 saturated heterocycles. The Labute approximate surface area is 124 Å². The smallest absolute Gasteiger partial charge is 0.234 e. The van der Waals surface area contributed by atoms with Gasteiger partial charge in [-0.25, -0.2) is 0 Å². The van der Waals surface area contributed by atoms with Crippen LogP contribution in [0.3, 0.4) is 0 Å². The standard InChI is InChI=1S/C16H22N2O3/c1-21-14-4-2-3-12(7-14)8-17-15(19)9-18-10-16(20,11-18)13-5-6-13/h2-4,7,13,20H,5-6,8-11H2,1H3,(H,17,19). The molecule has 21 heavy (non-hydrogen) atoms. The molecule has 0 unspecified atom stereocenters. The first kappa shape index (κ1) is 14.4. The Morgan fingerprint density at radius 3 is 2.90 bits per heavy atom. The molecule has 1 aromatic carbocycles. The third kappa shape index (κ3) is 3.36. The average molecular weight is 290 g/mol. The molecule has 2 N–H and O–H groups in total. The largest absolute Gasteiger partial charge is 0.497 e. The van der Waals surface area contributed by atoms with E-state index in [1.807, 2.05) is 29.2 Å². The van der Waals surface area contributed by atoms with E-state index in [1.54, 1.807) is 7.11 Å². The summed E-state index contributed by atoms with van der Waals surface area (Å²) in [6, 6.07) is 7.66. The Bertz CT molecular complexity index is 522. The van der Waals surface area contributed by atoms with Gasteiger partial charge in [-0.05, 0) is 36.5 Å². The maximum Gasteiger partial charge on any atom is 0.234 e. The third-order valence-corrected chi connectivity index (χ3v) is 4.32. The van der Waals surface area contributed by atoms with E-state index in [-0.39, 0.29) is 5.91 Å². The van der Waals surface area contributed by atoms with Gasteiger partial charge in [0.05, 0.1) is 19.3 Å². The van der Waals surface area contributed by atoms with Crippen LogP contribution < -0.4 is 10.1 Å². The van der Waals surface area contributed by atoms with Gasteiger partial charge < -0.3 is 15.2 Å². The molecule has 1 aliphatic heterocycles. The summed E-state index contributed by atoms with van der Waals surface area (Å²) in [6.07, 6.45) is 2.26. The van der Waals surface area contributed by atoms with E-state index in [9.17, 15) is 9.90 Å². The number of hydrogen-bond donors (Lipinski definition) is 2. The lowest BCUT2D eigenvalue weighted by Gasteiger charge is -2.46. The minimum absolute atomic E-state index is 0.00401. The summed E-state index contributed by atoms with van der Waals surface area (Å²) in [5.74, 6) is 1.25. The molecular weight excluding hydrogens is 268 g/mol. The van der Waals surface area contributed by atoms with Crippen molar-refractivity contribution in [2.45, 2.75) is 25.0 Å². The van der Waals surface area contributed by atoms with Crippen LogP contribution in [0.4, 0.5) is 0 Å². The molecule has 0 aromatic heterocycles. The Morgan fingerprint density at radius 2 is 2.24 bits per heavy atom. The maximum absolute atomic E-state index is 11.9. The van der Waals surface area contributed by atoms with Gasteiger partial charge in [-0.3, -0.25) is 9.69 Å². The fourth-order valence-corrected chi connectivity index (χ4v) is 2.96. The molecule has 2 fully saturated rings. The number of likely N-dealkylation sites (tertiary alicyclic amines) is 1. The second-order valence-electron chi connectivity index (χ2n) is 6.15. The molecule has 3 rings (SSSR count). The molecule has 5 heteroatoms. The summed E-state index contributed by atoms with van der Waals surface area (Å²) in [7, 11) is 1.63. The lowest BCUT2D eigenvalue weighted by atomic mass is 9.89. The zero-order valence-corrected chi connectivity index (χ0v) is 12.3. The van der Waals surface area contributed by atoms with Gasteiger partial charge in [0, 0.05) is 19.6 Å². The highest BCUT2D eigenvalue weighted by molar-refractivity contribution is 5.78. The Hall–Kier alpha value is -1.59. The van der Waals surface area contributed by atoms with E-state index in [1.165, 1.54) is 0 Å². The Morgan fingerprint density at radius 1 is 1.48 bits per heavy atom. The quantitative estimate of drug-likeness (QED) is 0.812. The topological polar surface area (TPSA) is 61.8 Å². The van der Waals surface area contributed by atoms with Crippen molar-refractivity contribution in [1.29, 1.82) is 0 Å². The molecule has 1 aromatic rings. The summed E-state index contributed by atoms with van der Waals surface area (Å²) >= 11 is 0. The number of carbonyl (C=O) groups is 1. The molecule has 1 saturated carbocycles. The number of nitrogens with one attached hydrogen (secondary N) is 1. The molecule has 0 spiro atoms. The number of benzene rings is 1. The molecule has 2 aliphatic rings. The van der Waals surface area contributed by atoms with Gasteiger partial charge in [0.1, 0.15) is 5.75 Å². The van der Waals surface area contributed by atoms with Crippen molar-refractivity contribution in [2.24, 2.45) is 5.92 Å². The minimum Gasteiger partial charge on any atom is -0.497 e. The van der Waals surface area contributed by atoms with Crippen LogP contribution in [0.1, 0.15) is 18.4 Å². The van der Waals surface area contributed by atoms with Crippen molar-refractivity contribution >= 4 is 5.91 Å². The van der Waals surface area contributed by atoms with Gasteiger partial charge in [0.15, 0.2) is 0 Å². The number of rotatable bonds is 6. The second kappa shape index (κ2) is 5.66. The summed E-state index contributed by atoms with van der Waals surface area (Å²) < 4.78 is 5.16. The normalized spacial score (nSPS) is 20.7. The van der Waals surface area contributed by atoms with Crippen LogP contribution in [0, 0.1) is 5.92 Å².